The maximum atomic E-state index is 10.9. The Balaban J connectivity index is 1.45. The van der Waals surface area contributed by atoms with Crippen LogP contribution in [0.2, 0.25) is 0 Å². The minimum absolute atomic E-state index is 0.605. The molecule has 0 aromatic rings. The molecule has 12 N–H and O–H groups in total. The molecule has 4 saturated heterocycles. The highest BCUT2D eigenvalue weighted by Gasteiger charge is 2.53. The summed E-state index contributed by atoms with van der Waals surface area (Å²) in [5, 5.41) is 122. The van der Waals surface area contributed by atoms with E-state index in [1.54, 1.807) is 0 Å². The van der Waals surface area contributed by atoms with Crippen molar-refractivity contribution in [3.8, 4) is 0 Å². The van der Waals surface area contributed by atoms with E-state index in [-0.39, 0.29) is 0 Å². The molecule has 4 rings (SSSR count). The lowest BCUT2D eigenvalue weighted by Gasteiger charge is -2.48. The Morgan fingerprint density at radius 3 is 1.60 bits per heavy atom. The second kappa shape index (κ2) is 14.3. The van der Waals surface area contributed by atoms with Crippen LogP contribution in [0.15, 0.2) is 0 Å². The summed E-state index contributed by atoms with van der Waals surface area (Å²) < 4.78 is 38.4. The Kier molecular flexibility index (Phi) is 11.7. The van der Waals surface area contributed by atoms with Gasteiger partial charge in [0.25, 0.3) is 0 Å². The van der Waals surface area contributed by atoms with E-state index in [0.29, 0.717) is 0 Å². The predicted molar refractivity (Wildman–Crippen MR) is 131 cm³/mol. The van der Waals surface area contributed by atoms with Crippen LogP contribution in [-0.2, 0) is 33.2 Å². The first-order valence-electron chi connectivity index (χ1n) is 13.8. The zero-order chi connectivity index (χ0) is 31.9. The van der Waals surface area contributed by atoms with Crippen LogP contribution in [0.5, 0.6) is 0 Å². The van der Waals surface area contributed by atoms with Crippen LogP contribution in [0.25, 0.3) is 0 Å². The van der Waals surface area contributed by atoms with E-state index >= 15 is 0 Å². The zero-order valence-electron chi connectivity index (χ0n) is 23.2. The molecule has 4 aliphatic heterocycles. The molecule has 4 heterocycles. The highest BCUT2D eigenvalue weighted by molar-refractivity contribution is 4.96. The fraction of sp³-hybridized carbons (Fsp3) is 1.00. The number of aliphatic hydroxyl groups excluding tert-OH is 12. The Hall–Kier alpha value is -0.760. The summed E-state index contributed by atoms with van der Waals surface area (Å²) in [6.07, 6.45) is -32.1. The van der Waals surface area contributed by atoms with Gasteiger partial charge in [0.2, 0.25) is 0 Å². The maximum Gasteiger partial charge on any atom is 0.187 e. The summed E-state index contributed by atoms with van der Waals surface area (Å²) in [5.74, 6) is 0. The van der Waals surface area contributed by atoms with Gasteiger partial charge in [0, 0.05) is 0 Å². The first-order valence-corrected chi connectivity index (χ1v) is 13.8. The summed E-state index contributed by atoms with van der Waals surface area (Å²) in [6, 6.07) is 0. The first-order chi connectivity index (χ1) is 20.2. The van der Waals surface area contributed by atoms with Crippen molar-refractivity contribution in [1.29, 1.82) is 0 Å². The molecular formula is C24H42O19. The Morgan fingerprint density at radius 2 is 0.977 bits per heavy atom. The van der Waals surface area contributed by atoms with Crippen LogP contribution < -0.4 is 0 Å². The van der Waals surface area contributed by atoms with Crippen molar-refractivity contribution in [2.45, 2.75) is 137 Å². The molecule has 4 fully saturated rings. The highest BCUT2D eigenvalue weighted by Crippen LogP contribution is 2.33. The van der Waals surface area contributed by atoms with Crippen molar-refractivity contribution >= 4 is 0 Å². The summed E-state index contributed by atoms with van der Waals surface area (Å²) in [6.45, 7) is 1.36. The van der Waals surface area contributed by atoms with E-state index in [9.17, 15) is 61.3 Å². The van der Waals surface area contributed by atoms with Crippen molar-refractivity contribution in [2.75, 3.05) is 13.2 Å². The van der Waals surface area contributed by atoms with E-state index in [2.05, 4.69) is 0 Å². The van der Waals surface area contributed by atoms with Crippen molar-refractivity contribution < 1.29 is 94.4 Å². The molecule has 20 atom stereocenters. The molecule has 19 heteroatoms. The lowest BCUT2D eigenvalue weighted by molar-refractivity contribution is -0.386. The van der Waals surface area contributed by atoms with Crippen molar-refractivity contribution in [1.82, 2.24) is 0 Å². The van der Waals surface area contributed by atoms with Gasteiger partial charge in [-0.05, 0) is 13.8 Å². The average molecular weight is 635 g/mol. The fourth-order valence-electron chi connectivity index (χ4n) is 5.31. The predicted octanol–water partition coefficient (Wildman–Crippen LogP) is -7.69. The lowest BCUT2D eigenvalue weighted by Crippen LogP contribution is -2.66. The fourth-order valence-corrected chi connectivity index (χ4v) is 5.31. The standard InChI is InChI=1S/C24H42O19/c1-5-9(26)12(29)17(34)23(38-5)43-20-14(31)10(27)6(2)39-24(20)42-19-7(3-25)41-22(18(35)15(19)32)37-4-8-11(28)13(30)16(33)21(36)40-8/h5-36H,3-4H2,1-2H3/t5-,6-,7+,8+,9-,10-,11+,12+,13-,14+,15+,16+,17+,18+,19+,20+,21+,22+,23-,24-/m0/s1. The van der Waals surface area contributed by atoms with Crippen LogP contribution in [0.4, 0.5) is 0 Å². The normalized spacial score (nSPS) is 54.8. The Labute approximate surface area is 244 Å². The second-order valence-corrected chi connectivity index (χ2v) is 11.2. The average Bonchev–Trinajstić information content (AvgIpc) is 2.98. The monoisotopic (exact) mass is 634 g/mol. The molecule has 0 spiro atoms. The van der Waals surface area contributed by atoms with E-state index in [1.807, 2.05) is 0 Å². The molecule has 43 heavy (non-hydrogen) atoms. The van der Waals surface area contributed by atoms with Gasteiger partial charge in [0.1, 0.15) is 85.5 Å². The van der Waals surface area contributed by atoms with Crippen molar-refractivity contribution in [3.05, 3.63) is 0 Å². The molecule has 4 aliphatic rings. The van der Waals surface area contributed by atoms with Crippen LogP contribution in [0.1, 0.15) is 13.8 Å². The first kappa shape index (κ1) is 35.1. The van der Waals surface area contributed by atoms with E-state index < -0.39 is 136 Å². The molecule has 19 nitrogen and oxygen atoms in total. The summed E-state index contributed by atoms with van der Waals surface area (Å²) >= 11 is 0. The van der Waals surface area contributed by atoms with Gasteiger partial charge in [-0.2, -0.15) is 0 Å². The van der Waals surface area contributed by atoms with Crippen LogP contribution in [0.3, 0.4) is 0 Å². The summed E-state index contributed by atoms with van der Waals surface area (Å²) in [4.78, 5) is 0. The summed E-state index contributed by atoms with van der Waals surface area (Å²) in [5.41, 5.74) is 0. The molecule has 0 saturated carbocycles. The molecule has 0 aromatic heterocycles. The Bertz CT molecular complexity index is 884. The van der Waals surface area contributed by atoms with Crippen LogP contribution in [0, 0.1) is 0 Å². The van der Waals surface area contributed by atoms with Gasteiger partial charge in [0.05, 0.1) is 25.4 Å². The van der Waals surface area contributed by atoms with E-state index in [1.165, 1.54) is 13.8 Å². The third-order valence-corrected chi connectivity index (χ3v) is 8.11. The summed E-state index contributed by atoms with van der Waals surface area (Å²) in [7, 11) is 0. The third-order valence-electron chi connectivity index (χ3n) is 8.11. The SMILES string of the molecule is C[C@@H]1O[C@@H](O[C@H]2[C@H](O[C@H]3[C@H](O)[C@@H](O)[C@H](OC[C@H]4O[C@@H](O)[C@H](O)[C@@H](O)[C@@H]4O)O[C@@H]3CO)O[C@@H](C)[C@H](O)[C@H]2O)[C@H](O)[C@H](O)[C@H]1O. The molecule has 0 amide bonds. The zero-order valence-corrected chi connectivity index (χ0v) is 23.2. The number of hydrogen-bond donors (Lipinski definition) is 12. The maximum absolute atomic E-state index is 10.9. The van der Waals surface area contributed by atoms with Gasteiger partial charge < -0.3 is 94.4 Å². The van der Waals surface area contributed by atoms with Gasteiger partial charge in [0.15, 0.2) is 25.2 Å². The highest BCUT2D eigenvalue weighted by atomic mass is 16.8. The van der Waals surface area contributed by atoms with Crippen LogP contribution >= 0.6 is 0 Å². The minimum atomic E-state index is -1.87. The number of ether oxygens (including phenoxy) is 7. The number of rotatable bonds is 8. The quantitative estimate of drug-likeness (QED) is 0.118. The smallest absolute Gasteiger partial charge is 0.187 e. The van der Waals surface area contributed by atoms with Gasteiger partial charge in [-0.1, -0.05) is 0 Å². The van der Waals surface area contributed by atoms with E-state index in [0.717, 1.165) is 0 Å². The molecule has 252 valence electrons. The topological polar surface area (TPSA) is 307 Å². The largest absolute Gasteiger partial charge is 0.394 e. The second-order valence-electron chi connectivity index (χ2n) is 11.2. The minimum Gasteiger partial charge on any atom is -0.394 e. The van der Waals surface area contributed by atoms with Crippen molar-refractivity contribution in [2.24, 2.45) is 0 Å². The molecular weight excluding hydrogens is 592 g/mol. The third kappa shape index (κ3) is 7.15. The molecule has 0 bridgehead atoms. The lowest BCUT2D eigenvalue weighted by atomic mass is 9.96. The van der Waals surface area contributed by atoms with Gasteiger partial charge in [-0.15, -0.1) is 0 Å². The number of aliphatic hydroxyl groups is 12. The molecule has 0 aromatic carbocycles. The molecule has 0 aliphatic carbocycles. The van der Waals surface area contributed by atoms with Crippen LogP contribution in [-0.4, -0.2) is 197 Å². The number of hydrogen-bond acceptors (Lipinski definition) is 19. The Morgan fingerprint density at radius 1 is 0.465 bits per heavy atom. The van der Waals surface area contributed by atoms with Gasteiger partial charge >= 0.3 is 0 Å². The van der Waals surface area contributed by atoms with E-state index in [4.69, 9.17) is 33.2 Å². The molecule has 0 radical (unpaired) electrons. The van der Waals surface area contributed by atoms with Gasteiger partial charge in [-0.3, -0.25) is 0 Å². The van der Waals surface area contributed by atoms with Gasteiger partial charge in [-0.25, -0.2) is 0 Å². The molecule has 0 unspecified atom stereocenters. The van der Waals surface area contributed by atoms with Crippen molar-refractivity contribution in [3.63, 3.8) is 0 Å².